The summed E-state index contributed by atoms with van der Waals surface area (Å²) >= 11 is 12.4. The lowest BCUT2D eigenvalue weighted by Crippen LogP contribution is -2.19. The molecule has 4 rings (SSSR count). The molecule has 0 radical (unpaired) electrons. The molecule has 0 heterocycles. The monoisotopic (exact) mass is 594 g/mol. The molecule has 3 aromatic rings. The van der Waals surface area contributed by atoms with Crippen LogP contribution in [0.25, 0.3) is 0 Å². The largest absolute Gasteiger partial charge is 0.466 e. The Morgan fingerprint density at radius 2 is 1.54 bits per heavy atom. The van der Waals surface area contributed by atoms with Crippen molar-refractivity contribution < 1.29 is 14.3 Å². The van der Waals surface area contributed by atoms with Gasteiger partial charge in [-0.2, -0.15) is 0 Å². The van der Waals surface area contributed by atoms with E-state index in [2.05, 4.69) is 50.5 Å². The van der Waals surface area contributed by atoms with Crippen molar-refractivity contribution >= 4 is 46.5 Å². The Bertz CT molecular complexity index is 1350. The number of benzene rings is 3. The molecule has 1 amide bonds. The maximum absolute atomic E-state index is 13.1. The molecule has 3 aromatic carbocycles. The fraction of sp³-hybridized carbons (Fsp3) is 0.412. The minimum absolute atomic E-state index is 0.233. The van der Waals surface area contributed by atoms with Crippen molar-refractivity contribution in [2.24, 2.45) is 17.3 Å². The van der Waals surface area contributed by atoms with Crippen LogP contribution in [-0.2, 0) is 16.0 Å². The first kappa shape index (κ1) is 30.9. The van der Waals surface area contributed by atoms with Gasteiger partial charge in [-0.1, -0.05) is 94.1 Å². The van der Waals surface area contributed by atoms with Gasteiger partial charge in [0.1, 0.15) is 0 Å². The number of esters is 1. The fourth-order valence-electron chi connectivity index (χ4n) is 6.10. The lowest BCUT2D eigenvalue weighted by Gasteiger charge is -2.18. The molecular formula is C34H40Cl2N2O3. The third-order valence-electron chi connectivity index (χ3n) is 8.49. The summed E-state index contributed by atoms with van der Waals surface area (Å²) in [6, 6.07) is 21.0. The highest BCUT2D eigenvalue weighted by atomic mass is 35.5. The molecule has 5 nitrogen and oxygen atoms in total. The topological polar surface area (TPSA) is 67.4 Å². The summed E-state index contributed by atoms with van der Waals surface area (Å²) in [7, 11) is 0. The summed E-state index contributed by atoms with van der Waals surface area (Å²) in [6.07, 6.45) is 2.84. The molecule has 0 aliphatic heterocycles. The number of rotatable bonds is 12. The highest BCUT2D eigenvalue weighted by Crippen LogP contribution is 2.58. The molecule has 41 heavy (non-hydrogen) atoms. The van der Waals surface area contributed by atoms with E-state index < -0.39 is 5.92 Å². The Hall–Kier alpha value is -3.02. The van der Waals surface area contributed by atoms with Crippen molar-refractivity contribution in [3.05, 3.63) is 93.5 Å². The van der Waals surface area contributed by atoms with Gasteiger partial charge in [-0.05, 0) is 78.1 Å². The minimum atomic E-state index is -0.457. The van der Waals surface area contributed by atoms with Gasteiger partial charge in [-0.3, -0.25) is 9.59 Å². The predicted octanol–water partition coefficient (Wildman–Crippen LogP) is 9.01. The molecule has 1 fully saturated rings. The molecule has 7 heteroatoms. The zero-order chi connectivity index (χ0) is 29.7. The Morgan fingerprint density at radius 1 is 0.902 bits per heavy atom. The second-order valence-electron chi connectivity index (χ2n) is 11.4. The first-order valence-electron chi connectivity index (χ1n) is 14.5. The van der Waals surface area contributed by atoms with Crippen molar-refractivity contribution in [1.82, 2.24) is 0 Å². The van der Waals surface area contributed by atoms with E-state index in [0.717, 1.165) is 16.8 Å². The van der Waals surface area contributed by atoms with Gasteiger partial charge in [0.25, 0.3) is 5.91 Å². The molecule has 1 aliphatic rings. The van der Waals surface area contributed by atoms with E-state index in [-0.39, 0.29) is 32.9 Å². The van der Waals surface area contributed by atoms with Crippen LogP contribution in [0, 0.1) is 17.3 Å². The Balaban J connectivity index is 1.49. The minimum Gasteiger partial charge on any atom is -0.466 e. The van der Waals surface area contributed by atoms with Crippen LogP contribution in [0.4, 0.5) is 11.4 Å². The predicted molar refractivity (Wildman–Crippen MR) is 169 cm³/mol. The van der Waals surface area contributed by atoms with E-state index in [1.165, 1.54) is 12.8 Å². The van der Waals surface area contributed by atoms with Gasteiger partial charge in [-0.15, -0.1) is 0 Å². The van der Waals surface area contributed by atoms with E-state index in [1.807, 2.05) is 43.3 Å². The van der Waals surface area contributed by atoms with E-state index in [9.17, 15) is 9.59 Å². The summed E-state index contributed by atoms with van der Waals surface area (Å²) in [6.45, 7) is 11.4. The van der Waals surface area contributed by atoms with Gasteiger partial charge in [0.15, 0.2) is 0 Å². The van der Waals surface area contributed by atoms with Crippen LogP contribution in [-0.4, -0.2) is 24.5 Å². The van der Waals surface area contributed by atoms with Gasteiger partial charge < -0.3 is 15.4 Å². The molecule has 3 unspecified atom stereocenters. The number of ether oxygens (including phenoxy) is 1. The fourth-order valence-corrected chi connectivity index (χ4v) is 6.67. The maximum Gasteiger partial charge on any atom is 0.313 e. The average molecular weight is 596 g/mol. The van der Waals surface area contributed by atoms with Crippen molar-refractivity contribution in [2.45, 2.75) is 65.8 Å². The number of carbonyl (C=O) groups excluding carboxylic acids is 2. The second kappa shape index (κ2) is 13.3. The smallest absolute Gasteiger partial charge is 0.313 e. The molecule has 3 atom stereocenters. The summed E-state index contributed by atoms with van der Waals surface area (Å²) in [5.41, 5.74) is 3.97. The zero-order valence-corrected chi connectivity index (χ0v) is 26.0. The standard InChI is InChI=1S/C34H40Cl2N2O3/c1-6-22(7-2)30-31(34(30,4)5)37-25-12-9-11-23(20-25)26(33(40)41-8-3)19-21-15-17-24(18-16-21)38-32(39)29-27(35)13-10-14-28(29)36/h9-18,20,22,26,30-31,37H,6-8,19H2,1-5H3,(H,38,39). The Labute approximate surface area is 254 Å². The SMILES string of the molecule is CCOC(=O)C(Cc1ccc(NC(=O)c2c(Cl)cccc2Cl)cc1)c1cccc(NC2C(C(CC)CC)C2(C)C)c1. The number of nitrogens with one attached hydrogen (secondary N) is 2. The van der Waals surface area contributed by atoms with E-state index in [0.29, 0.717) is 36.6 Å². The molecule has 1 aliphatic carbocycles. The van der Waals surface area contributed by atoms with Gasteiger partial charge >= 0.3 is 5.97 Å². The second-order valence-corrected chi connectivity index (χ2v) is 12.2. The van der Waals surface area contributed by atoms with Gasteiger partial charge in [0.2, 0.25) is 0 Å². The van der Waals surface area contributed by atoms with E-state index >= 15 is 0 Å². The van der Waals surface area contributed by atoms with Crippen LogP contribution >= 0.6 is 23.2 Å². The first-order chi connectivity index (χ1) is 19.6. The molecule has 2 N–H and O–H groups in total. The molecule has 1 saturated carbocycles. The lowest BCUT2D eigenvalue weighted by molar-refractivity contribution is -0.144. The van der Waals surface area contributed by atoms with Crippen molar-refractivity contribution in [1.29, 1.82) is 0 Å². The van der Waals surface area contributed by atoms with Crippen LogP contribution in [0.2, 0.25) is 10.0 Å². The van der Waals surface area contributed by atoms with Crippen molar-refractivity contribution in [3.8, 4) is 0 Å². The summed E-state index contributed by atoms with van der Waals surface area (Å²) in [5, 5.41) is 7.19. The quantitative estimate of drug-likeness (QED) is 0.205. The highest BCUT2D eigenvalue weighted by Gasteiger charge is 2.59. The molecular weight excluding hydrogens is 555 g/mol. The summed E-state index contributed by atoms with van der Waals surface area (Å²) in [5.74, 6) is 0.243. The number of hydrogen-bond acceptors (Lipinski definition) is 4. The molecule has 0 aromatic heterocycles. The lowest BCUT2D eigenvalue weighted by atomic mass is 9.91. The number of carbonyl (C=O) groups is 2. The maximum atomic E-state index is 13.1. The molecule has 0 spiro atoms. The Kier molecular flexibility index (Phi) is 10.0. The number of amides is 1. The third kappa shape index (κ3) is 7.07. The number of hydrogen-bond donors (Lipinski definition) is 2. The first-order valence-corrected chi connectivity index (χ1v) is 15.2. The van der Waals surface area contributed by atoms with Crippen LogP contribution < -0.4 is 10.6 Å². The van der Waals surface area contributed by atoms with Gasteiger partial charge in [0.05, 0.1) is 28.1 Å². The van der Waals surface area contributed by atoms with Gasteiger partial charge in [-0.25, -0.2) is 0 Å². The van der Waals surface area contributed by atoms with Crippen LogP contribution in [0.3, 0.4) is 0 Å². The normalized spacial score (nSPS) is 18.0. The molecule has 218 valence electrons. The highest BCUT2D eigenvalue weighted by molar-refractivity contribution is 6.40. The summed E-state index contributed by atoms with van der Waals surface area (Å²) in [4.78, 5) is 25.9. The summed E-state index contributed by atoms with van der Waals surface area (Å²) < 4.78 is 5.48. The Morgan fingerprint density at radius 3 is 2.15 bits per heavy atom. The van der Waals surface area contributed by atoms with Crippen LogP contribution in [0.15, 0.2) is 66.7 Å². The van der Waals surface area contributed by atoms with Crippen LogP contribution in [0.5, 0.6) is 0 Å². The van der Waals surface area contributed by atoms with Crippen molar-refractivity contribution in [2.75, 3.05) is 17.2 Å². The third-order valence-corrected chi connectivity index (χ3v) is 9.12. The van der Waals surface area contributed by atoms with Crippen LogP contribution in [0.1, 0.15) is 74.9 Å². The van der Waals surface area contributed by atoms with E-state index in [1.54, 1.807) is 18.2 Å². The number of halogens is 2. The number of anilines is 2. The average Bonchev–Trinajstić information content (AvgIpc) is 3.47. The molecule has 0 bridgehead atoms. The van der Waals surface area contributed by atoms with Gasteiger partial charge in [0, 0.05) is 17.4 Å². The zero-order valence-electron chi connectivity index (χ0n) is 24.5. The van der Waals surface area contributed by atoms with Crippen molar-refractivity contribution in [3.63, 3.8) is 0 Å². The molecule has 0 saturated heterocycles. The van der Waals surface area contributed by atoms with E-state index in [4.69, 9.17) is 27.9 Å².